The van der Waals surface area contributed by atoms with E-state index in [1.807, 2.05) is 24.3 Å². The van der Waals surface area contributed by atoms with Crippen molar-refractivity contribution in [1.29, 1.82) is 0 Å². The van der Waals surface area contributed by atoms with Gasteiger partial charge in [-0.2, -0.15) is 10.1 Å². The normalized spacial score (nSPS) is 14.7. The molecule has 0 spiro atoms. The average molecular weight is 492 g/mol. The molecule has 1 heterocycles. The molecule has 0 saturated carbocycles. The molecule has 0 aromatic heterocycles. The molecule has 4 rings (SSSR count). The van der Waals surface area contributed by atoms with E-state index in [0.29, 0.717) is 0 Å². The molecule has 0 bridgehead atoms. The lowest BCUT2D eigenvalue weighted by atomic mass is 9.99. The standard InChI is InChI=1S/C26H29N5O5/c1-5-34-24(32)28-22-27-23(29-25(33)35-6-2)31(26(3,4)30-22)36-16-18-11-9-13-21-19-12-8-7-10-17(19)14-15-20(18)21/h7-15H,5-6,16H2,1-4H3,(H2,27,28,29,30,32,33). The van der Waals surface area contributed by atoms with Crippen LogP contribution in [0.5, 0.6) is 0 Å². The number of benzene rings is 3. The summed E-state index contributed by atoms with van der Waals surface area (Å²) in [7, 11) is 0. The number of nitrogens with zero attached hydrogens (tertiary/aromatic N) is 3. The molecule has 0 saturated heterocycles. The van der Waals surface area contributed by atoms with Crippen molar-refractivity contribution in [3.8, 4) is 0 Å². The molecule has 2 amide bonds. The highest BCUT2D eigenvalue weighted by atomic mass is 16.7. The number of nitrogens with one attached hydrogen (secondary N) is 2. The molecular weight excluding hydrogens is 462 g/mol. The lowest BCUT2D eigenvalue weighted by molar-refractivity contribution is -0.167. The smallest absolute Gasteiger partial charge is 0.414 e. The quantitative estimate of drug-likeness (QED) is 0.501. The number of carbonyl (C=O) groups is 2. The molecule has 1 aliphatic heterocycles. The second-order valence-corrected chi connectivity index (χ2v) is 8.42. The van der Waals surface area contributed by atoms with Gasteiger partial charge in [0.2, 0.25) is 11.9 Å². The number of ether oxygens (including phenoxy) is 2. The van der Waals surface area contributed by atoms with E-state index in [1.165, 1.54) is 5.06 Å². The van der Waals surface area contributed by atoms with Crippen LogP contribution in [0.1, 0.15) is 33.3 Å². The molecule has 36 heavy (non-hydrogen) atoms. The summed E-state index contributed by atoms with van der Waals surface area (Å²) in [6.07, 6.45) is -1.42. The maximum atomic E-state index is 12.2. The number of guanidine groups is 2. The number of carbonyl (C=O) groups excluding carboxylic acids is 2. The number of aliphatic imine (C=N–C) groups is 2. The number of alkyl carbamates (subject to hydrolysis) is 2. The van der Waals surface area contributed by atoms with Gasteiger partial charge in [-0.25, -0.2) is 14.6 Å². The van der Waals surface area contributed by atoms with Crippen molar-refractivity contribution < 1.29 is 23.9 Å². The molecule has 0 aliphatic carbocycles. The van der Waals surface area contributed by atoms with E-state index in [2.05, 4.69) is 51.0 Å². The Morgan fingerprint density at radius 3 is 2.31 bits per heavy atom. The highest BCUT2D eigenvalue weighted by Crippen LogP contribution is 2.29. The fourth-order valence-corrected chi connectivity index (χ4v) is 3.97. The van der Waals surface area contributed by atoms with E-state index in [1.54, 1.807) is 27.7 Å². The number of hydrogen-bond donors (Lipinski definition) is 2. The first-order valence-electron chi connectivity index (χ1n) is 11.7. The van der Waals surface area contributed by atoms with Gasteiger partial charge >= 0.3 is 12.2 Å². The average Bonchev–Trinajstić information content (AvgIpc) is 2.83. The molecule has 0 radical (unpaired) electrons. The third-order valence-corrected chi connectivity index (χ3v) is 5.49. The Labute approximate surface area is 208 Å². The highest BCUT2D eigenvalue weighted by Gasteiger charge is 2.36. The zero-order valence-corrected chi connectivity index (χ0v) is 20.7. The predicted molar refractivity (Wildman–Crippen MR) is 137 cm³/mol. The van der Waals surface area contributed by atoms with E-state index in [4.69, 9.17) is 14.3 Å². The van der Waals surface area contributed by atoms with E-state index < -0.39 is 17.8 Å². The summed E-state index contributed by atoms with van der Waals surface area (Å²) in [5.41, 5.74) is -0.0909. The Hall–Kier alpha value is -4.18. The van der Waals surface area contributed by atoms with Gasteiger partial charge in [-0.3, -0.25) is 15.5 Å². The third-order valence-electron chi connectivity index (χ3n) is 5.49. The molecule has 10 nitrogen and oxygen atoms in total. The molecule has 10 heteroatoms. The van der Waals surface area contributed by atoms with Gasteiger partial charge in [0, 0.05) is 0 Å². The summed E-state index contributed by atoms with van der Waals surface area (Å²) in [5.74, 6) is -0.00679. The minimum atomic E-state index is -1.04. The number of rotatable bonds is 5. The van der Waals surface area contributed by atoms with Gasteiger partial charge in [0.25, 0.3) is 0 Å². The Kier molecular flexibility index (Phi) is 7.35. The molecule has 188 valence electrons. The summed E-state index contributed by atoms with van der Waals surface area (Å²) in [5, 5.41) is 10.9. The van der Waals surface area contributed by atoms with Crippen molar-refractivity contribution in [3.05, 3.63) is 60.2 Å². The molecule has 0 fully saturated rings. The number of hydrogen-bond acceptors (Lipinski definition) is 8. The van der Waals surface area contributed by atoms with Crippen molar-refractivity contribution in [2.24, 2.45) is 9.98 Å². The first-order valence-corrected chi connectivity index (χ1v) is 11.7. The van der Waals surface area contributed by atoms with E-state index in [9.17, 15) is 9.59 Å². The fraction of sp³-hybridized carbons (Fsp3) is 0.308. The van der Waals surface area contributed by atoms with Crippen LogP contribution in [-0.2, 0) is 20.9 Å². The maximum Gasteiger partial charge on any atom is 0.414 e. The Bertz CT molecular complexity index is 1350. The lowest BCUT2D eigenvalue weighted by Gasteiger charge is -2.38. The Morgan fingerprint density at radius 2 is 1.56 bits per heavy atom. The topological polar surface area (TPSA) is 114 Å². The van der Waals surface area contributed by atoms with Gasteiger partial charge in [-0.05, 0) is 54.8 Å². The van der Waals surface area contributed by atoms with Crippen LogP contribution in [0.15, 0.2) is 64.6 Å². The van der Waals surface area contributed by atoms with Crippen LogP contribution >= 0.6 is 0 Å². The molecule has 0 atom stereocenters. The summed E-state index contributed by atoms with van der Waals surface area (Å²) in [6, 6.07) is 18.4. The summed E-state index contributed by atoms with van der Waals surface area (Å²) in [4.78, 5) is 39.1. The molecule has 3 aromatic rings. The van der Waals surface area contributed by atoms with E-state index in [-0.39, 0.29) is 31.7 Å². The van der Waals surface area contributed by atoms with Gasteiger partial charge in [0.15, 0.2) is 5.66 Å². The number of fused-ring (bicyclic) bond motifs is 3. The largest absolute Gasteiger partial charge is 0.450 e. The molecule has 2 N–H and O–H groups in total. The Morgan fingerprint density at radius 1 is 0.861 bits per heavy atom. The van der Waals surface area contributed by atoms with E-state index >= 15 is 0 Å². The summed E-state index contributed by atoms with van der Waals surface area (Å²) >= 11 is 0. The van der Waals surface area contributed by atoms with Gasteiger partial charge in [0.05, 0.1) is 13.2 Å². The van der Waals surface area contributed by atoms with Gasteiger partial charge < -0.3 is 9.47 Å². The van der Waals surface area contributed by atoms with Crippen molar-refractivity contribution in [1.82, 2.24) is 15.7 Å². The molecule has 0 unspecified atom stereocenters. The first kappa shape index (κ1) is 24.9. The van der Waals surface area contributed by atoms with Crippen LogP contribution in [0.4, 0.5) is 9.59 Å². The van der Waals surface area contributed by atoms with Crippen LogP contribution in [0.2, 0.25) is 0 Å². The van der Waals surface area contributed by atoms with Gasteiger partial charge in [0.1, 0.15) is 6.61 Å². The zero-order valence-electron chi connectivity index (χ0n) is 20.7. The highest BCUT2D eigenvalue weighted by molar-refractivity contribution is 6.08. The third kappa shape index (κ3) is 5.38. The van der Waals surface area contributed by atoms with Crippen LogP contribution in [0.3, 0.4) is 0 Å². The fourth-order valence-electron chi connectivity index (χ4n) is 3.97. The first-order chi connectivity index (χ1) is 17.3. The van der Waals surface area contributed by atoms with Crippen molar-refractivity contribution in [2.75, 3.05) is 13.2 Å². The second kappa shape index (κ2) is 10.6. The minimum absolute atomic E-state index is 0.0194. The number of amides is 2. The van der Waals surface area contributed by atoms with Crippen molar-refractivity contribution in [2.45, 2.75) is 40.0 Å². The predicted octanol–water partition coefficient (Wildman–Crippen LogP) is 4.68. The maximum absolute atomic E-state index is 12.2. The van der Waals surface area contributed by atoms with Crippen LogP contribution in [0, 0.1) is 0 Å². The zero-order chi connectivity index (χ0) is 25.7. The van der Waals surface area contributed by atoms with Gasteiger partial charge in [-0.15, -0.1) is 0 Å². The van der Waals surface area contributed by atoms with Gasteiger partial charge in [-0.1, -0.05) is 54.6 Å². The summed E-state index contributed by atoms with van der Waals surface area (Å²) in [6.45, 7) is 7.45. The van der Waals surface area contributed by atoms with E-state index in [0.717, 1.165) is 27.1 Å². The van der Waals surface area contributed by atoms with Crippen molar-refractivity contribution in [3.63, 3.8) is 0 Å². The summed E-state index contributed by atoms with van der Waals surface area (Å²) < 4.78 is 9.93. The van der Waals surface area contributed by atoms with Crippen LogP contribution in [-0.4, -0.2) is 48.0 Å². The minimum Gasteiger partial charge on any atom is -0.450 e. The Balaban J connectivity index is 1.63. The monoisotopic (exact) mass is 491 g/mol. The van der Waals surface area contributed by atoms with Crippen LogP contribution < -0.4 is 10.6 Å². The molecule has 3 aromatic carbocycles. The SMILES string of the molecule is CCOC(=O)NC1=NC(C)(C)N(OCc2cccc3c2ccc2ccccc23)C(NC(=O)OCC)=N1. The second-order valence-electron chi connectivity index (χ2n) is 8.42. The van der Waals surface area contributed by atoms with Crippen molar-refractivity contribution >= 4 is 45.7 Å². The lowest BCUT2D eigenvalue weighted by Crippen LogP contribution is -2.57. The molecule has 1 aliphatic rings. The molecular formula is C26H29N5O5. The van der Waals surface area contributed by atoms with Crippen LogP contribution in [0.25, 0.3) is 21.5 Å². The number of hydroxylamine groups is 2.